The van der Waals surface area contributed by atoms with Gasteiger partial charge in [0, 0.05) is 18.4 Å². The Balaban J connectivity index is 1.87. The second-order valence-corrected chi connectivity index (χ2v) is 4.72. The SMILES string of the molecule is C1=CCC2C(C1)NCCCC21OCCO1. The predicted octanol–water partition coefficient (Wildman–Crippen LogP) is 1.45. The fourth-order valence-electron chi connectivity index (χ4n) is 3.16. The lowest BCUT2D eigenvalue weighted by Crippen LogP contribution is -2.48. The van der Waals surface area contributed by atoms with Crippen molar-refractivity contribution in [3.8, 4) is 0 Å². The lowest BCUT2D eigenvalue weighted by Gasteiger charge is -2.39. The van der Waals surface area contributed by atoms with E-state index in [0.29, 0.717) is 12.0 Å². The Hall–Kier alpha value is -0.380. The highest BCUT2D eigenvalue weighted by molar-refractivity contribution is 5.04. The maximum absolute atomic E-state index is 5.93. The van der Waals surface area contributed by atoms with E-state index in [0.717, 1.165) is 45.4 Å². The van der Waals surface area contributed by atoms with E-state index >= 15 is 0 Å². The van der Waals surface area contributed by atoms with E-state index in [2.05, 4.69) is 17.5 Å². The molecule has 3 heteroatoms. The number of allylic oxidation sites excluding steroid dienone is 1. The molecule has 2 heterocycles. The van der Waals surface area contributed by atoms with Gasteiger partial charge in [0.1, 0.15) is 0 Å². The van der Waals surface area contributed by atoms with Crippen LogP contribution in [0, 0.1) is 5.92 Å². The molecule has 2 aliphatic heterocycles. The number of hydrogen-bond donors (Lipinski definition) is 1. The topological polar surface area (TPSA) is 30.5 Å². The summed E-state index contributed by atoms with van der Waals surface area (Å²) in [6, 6.07) is 0.551. The van der Waals surface area contributed by atoms with E-state index in [1.165, 1.54) is 0 Å². The monoisotopic (exact) mass is 209 g/mol. The van der Waals surface area contributed by atoms with Crippen LogP contribution in [0.15, 0.2) is 12.2 Å². The fourth-order valence-corrected chi connectivity index (χ4v) is 3.16. The van der Waals surface area contributed by atoms with Crippen LogP contribution in [-0.2, 0) is 9.47 Å². The van der Waals surface area contributed by atoms with Crippen LogP contribution < -0.4 is 5.32 Å². The smallest absolute Gasteiger partial charge is 0.173 e. The number of ether oxygens (including phenoxy) is 2. The third-order valence-corrected chi connectivity index (χ3v) is 3.88. The molecule has 1 aliphatic carbocycles. The Morgan fingerprint density at radius 2 is 1.93 bits per heavy atom. The molecule has 0 amide bonds. The number of nitrogens with one attached hydrogen (secondary N) is 1. The number of rotatable bonds is 0. The van der Waals surface area contributed by atoms with Crippen molar-refractivity contribution in [3.05, 3.63) is 12.2 Å². The molecule has 15 heavy (non-hydrogen) atoms. The Bertz CT molecular complexity index is 258. The van der Waals surface area contributed by atoms with Crippen LogP contribution in [0.2, 0.25) is 0 Å². The van der Waals surface area contributed by atoms with E-state index < -0.39 is 0 Å². The summed E-state index contributed by atoms with van der Waals surface area (Å²) in [6.45, 7) is 2.64. The first kappa shape index (κ1) is 9.82. The summed E-state index contributed by atoms with van der Waals surface area (Å²) in [7, 11) is 0. The second-order valence-electron chi connectivity index (χ2n) is 4.72. The Kier molecular flexibility index (Phi) is 2.54. The summed E-state index contributed by atoms with van der Waals surface area (Å²) < 4.78 is 11.9. The summed E-state index contributed by atoms with van der Waals surface area (Å²) in [4.78, 5) is 0. The molecule has 2 atom stereocenters. The Morgan fingerprint density at radius 3 is 2.80 bits per heavy atom. The average Bonchev–Trinajstić information content (AvgIpc) is 2.66. The molecule has 3 nitrogen and oxygen atoms in total. The van der Waals surface area contributed by atoms with Gasteiger partial charge in [-0.25, -0.2) is 0 Å². The molecule has 1 spiro atoms. The van der Waals surface area contributed by atoms with Gasteiger partial charge >= 0.3 is 0 Å². The predicted molar refractivity (Wildman–Crippen MR) is 57.5 cm³/mol. The second kappa shape index (κ2) is 3.89. The number of fused-ring (bicyclic) bond motifs is 2. The molecule has 0 aromatic carbocycles. The van der Waals surface area contributed by atoms with Crippen LogP contribution in [0.25, 0.3) is 0 Å². The summed E-state index contributed by atoms with van der Waals surface area (Å²) in [5.41, 5.74) is 0. The first-order chi connectivity index (χ1) is 7.41. The van der Waals surface area contributed by atoms with Crippen LogP contribution in [0.1, 0.15) is 25.7 Å². The van der Waals surface area contributed by atoms with Crippen molar-refractivity contribution in [1.29, 1.82) is 0 Å². The summed E-state index contributed by atoms with van der Waals surface area (Å²) in [5, 5.41) is 3.62. The summed E-state index contributed by atoms with van der Waals surface area (Å²) in [5.74, 6) is 0.242. The first-order valence-electron chi connectivity index (χ1n) is 6.07. The van der Waals surface area contributed by atoms with Gasteiger partial charge in [-0.2, -0.15) is 0 Å². The maximum Gasteiger partial charge on any atom is 0.173 e. The zero-order chi connectivity index (χ0) is 10.1. The minimum absolute atomic E-state index is 0.265. The molecule has 0 radical (unpaired) electrons. The van der Waals surface area contributed by atoms with Gasteiger partial charge < -0.3 is 14.8 Å². The van der Waals surface area contributed by atoms with Crippen LogP contribution in [0.4, 0.5) is 0 Å². The molecule has 2 unspecified atom stereocenters. The van der Waals surface area contributed by atoms with Gasteiger partial charge in [0.15, 0.2) is 5.79 Å². The Morgan fingerprint density at radius 1 is 1.13 bits per heavy atom. The third-order valence-electron chi connectivity index (χ3n) is 3.88. The zero-order valence-corrected chi connectivity index (χ0v) is 9.08. The minimum atomic E-state index is -0.265. The molecule has 3 aliphatic rings. The third kappa shape index (κ3) is 1.63. The average molecular weight is 209 g/mol. The lowest BCUT2D eigenvalue weighted by molar-refractivity contribution is -0.202. The summed E-state index contributed by atoms with van der Waals surface area (Å²) in [6.07, 6.45) is 8.99. The van der Waals surface area contributed by atoms with Crippen molar-refractivity contribution in [2.24, 2.45) is 5.92 Å². The molecule has 0 bridgehead atoms. The van der Waals surface area contributed by atoms with Gasteiger partial charge in [-0.15, -0.1) is 0 Å². The van der Waals surface area contributed by atoms with Crippen LogP contribution in [0.5, 0.6) is 0 Å². The van der Waals surface area contributed by atoms with E-state index in [-0.39, 0.29) is 5.79 Å². The molecule has 1 N–H and O–H groups in total. The molecule has 0 saturated carbocycles. The highest BCUT2D eigenvalue weighted by atomic mass is 16.7. The number of hydrogen-bond acceptors (Lipinski definition) is 3. The van der Waals surface area contributed by atoms with Gasteiger partial charge in [0.25, 0.3) is 0 Å². The Labute approximate surface area is 90.8 Å². The van der Waals surface area contributed by atoms with Crippen molar-refractivity contribution in [2.75, 3.05) is 19.8 Å². The standard InChI is InChI=1S/C12H19NO2/c1-2-5-11-10(4-1)12(6-3-7-13-11)14-8-9-15-12/h1-2,10-11,13H,3-9H2. The highest BCUT2D eigenvalue weighted by Crippen LogP contribution is 2.40. The van der Waals surface area contributed by atoms with Gasteiger partial charge in [-0.05, 0) is 25.8 Å². The molecule has 3 rings (SSSR count). The first-order valence-corrected chi connectivity index (χ1v) is 6.07. The molecular formula is C12H19NO2. The van der Waals surface area contributed by atoms with Crippen molar-refractivity contribution in [1.82, 2.24) is 5.32 Å². The molecule has 84 valence electrons. The highest BCUT2D eigenvalue weighted by Gasteiger charge is 2.48. The molecule has 0 aromatic heterocycles. The fraction of sp³-hybridized carbons (Fsp3) is 0.833. The largest absolute Gasteiger partial charge is 0.347 e. The van der Waals surface area contributed by atoms with Gasteiger partial charge in [0.2, 0.25) is 0 Å². The summed E-state index contributed by atoms with van der Waals surface area (Å²) >= 11 is 0. The van der Waals surface area contributed by atoms with Gasteiger partial charge in [-0.3, -0.25) is 0 Å². The normalized spacial score (nSPS) is 38.9. The van der Waals surface area contributed by atoms with E-state index in [9.17, 15) is 0 Å². The molecule has 0 aromatic rings. The van der Waals surface area contributed by atoms with E-state index in [1.807, 2.05) is 0 Å². The van der Waals surface area contributed by atoms with Crippen LogP contribution in [0.3, 0.4) is 0 Å². The van der Waals surface area contributed by atoms with Gasteiger partial charge in [0.05, 0.1) is 13.2 Å². The van der Waals surface area contributed by atoms with E-state index in [1.54, 1.807) is 0 Å². The maximum atomic E-state index is 5.93. The quantitative estimate of drug-likeness (QED) is 0.612. The zero-order valence-electron chi connectivity index (χ0n) is 9.08. The minimum Gasteiger partial charge on any atom is -0.347 e. The van der Waals surface area contributed by atoms with Gasteiger partial charge in [-0.1, -0.05) is 12.2 Å². The van der Waals surface area contributed by atoms with Crippen molar-refractivity contribution >= 4 is 0 Å². The lowest BCUT2D eigenvalue weighted by atomic mass is 9.81. The van der Waals surface area contributed by atoms with Crippen molar-refractivity contribution in [2.45, 2.75) is 37.5 Å². The molecule has 2 fully saturated rings. The molecule has 2 saturated heterocycles. The van der Waals surface area contributed by atoms with Crippen LogP contribution >= 0.6 is 0 Å². The van der Waals surface area contributed by atoms with Crippen LogP contribution in [-0.4, -0.2) is 31.6 Å². The molecular weight excluding hydrogens is 190 g/mol. The van der Waals surface area contributed by atoms with Crippen molar-refractivity contribution in [3.63, 3.8) is 0 Å². The van der Waals surface area contributed by atoms with E-state index in [4.69, 9.17) is 9.47 Å². The van der Waals surface area contributed by atoms with Crippen molar-refractivity contribution < 1.29 is 9.47 Å².